The highest BCUT2D eigenvalue weighted by Crippen LogP contribution is 2.22. The van der Waals surface area contributed by atoms with E-state index < -0.39 is 36.0 Å². The zero-order valence-electron chi connectivity index (χ0n) is 14.0. The number of nitrogens with two attached hydrogens (primary N) is 4. The highest BCUT2D eigenvalue weighted by molar-refractivity contribution is 8.76. The maximum absolute atomic E-state index is 10.3. The molecule has 3 atom stereocenters. The van der Waals surface area contributed by atoms with Gasteiger partial charge in [0.15, 0.2) is 5.96 Å². The molecule has 0 aliphatic carbocycles. The molecule has 0 spiro atoms. The van der Waals surface area contributed by atoms with Crippen molar-refractivity contribution in [1.29, 1.82) is 5.41 Å². The van der Waals surface area contributed by atoms with Crippen LogP contribution in [0, 0.1) is 5.41 Å². The van der Waals surface area contributed by atoms with Crippen LogP contribution in [-0.2, 0) is 14.4 Å². The van der Waals surface area contributed by atoms with Crippen LogP contribution in [0.1, 0.15) is 12.8 Å². The molecule has 152 valence electrons. The number of hydrogen-bond acceptors (Lipinski definition) is 9. The summed E-state index contributed by atoms with van der Waals surface area (Å²) in [4.78, 5) is 30.8. The Morgan fingerprint density at radius 3 is 1.58 bits per heavy atom. The summed E-state index contributed by atoms with van der Waals surface area (Å²) in [5, 5.41) is 34.5. The van der Waals surface area contributed by atoms with Gasteiger partial charge in [0, 0.05) is 18.1 Å². The van der Waals surface area contributed by atoms with Crippen molar-refractivity contribution in [1.82, 2.24) is 5.32 Å². The van der Waals surface area contributed by atoms with E-state index in [9.17, 15) is 14.4 Å². The van der Waals surface area contributed by atoms with Gasteiger partial charge in [-0.1, -0.05) is 21.6 Å². The highest BCUT2D eigenvalue weighted by Gasteiger charge is 2.14. The van der Waals surface area contributed by atoms with Crippen LogP contribution in [-0.4, -0.2) is 75.4 Å². The van der Waals surface area contributed by atoms with E-state index in [1.165, 1.54) is 21.6 Å². The predicted octanol–water partition coefficient (Wildman–Crippen LogP) is -2.15. The molecule has 0 bridgehead atoms. The lowest BCUT2D eigenvalue weighted by molar-refractivity contribution is -0.139. The van der Waals surface area contributed by atoms with E-state index in [1.807, 2.05) is 0 Å². The van der Waals surface area contributed by atoms with Crippen LogP contribution < -0.4 is 28.3 Å². The molecule has 12 nitrogen and oxygen atoms in total. The molecule has 0 saturated heterocycles. The van der Waals surface area contributed by atoms with Gasteiger partial charge in [0.25, 0.3) is 0 Å². The first kappa shape index (κ1) is 26.5. The molecule has 0 heterocycles. The second-order valence-corrected chi connectivity index (χ2v) is 7.44. The summed E-state index contributed by atoms with van der Waals surface area (Å²) >= 11 is 0. The Balaban J connectivity index is 0. The van der Waals surface area contributed by atoms with Crippen molar-refractivity contribution in [3.05, 3.63) is 0 Å². The van der Waals surface area contributed by atoms with E-state index in [2.05, 4.69) is 5.32 Å². The quantitative estimate of drug-likeness (QED) is 0.0715. The number of aliphatic carboxylic acids is 3. The molecule has 0 aromatic rings. The number of rotatable bonds is 12. The highest BCUT2D eigenvalue weighted by atomic mass is 33.1. The van der Waals surface area contributed by atoms with E-state index in [4.69, 9.17) is 43.7 Å². The van der Waals surface area contributed by atoms with Crippen molar-refractivity contribution in [2.75, 3.05) is 18.1 Å². The molecule has 13 N–H and O–H groups in total. The van der Waals surface area contributed by atoms with Crippen molar-refractivity contribution in [3.8, 4) is 0 Å². The molecule has 14 heteroatoms. The number of carboxylic acids is 3. The maximum Gasteiger partial charge on any atom is 0.321 e. The Bertz CT molecular complexity index is 447. The Kier molecular flexibility index (Phi) is 15.8. The smallest absolute Gasteiger partial charge is 0.321 e. The average Bonchev–Trinajstić information content (AvgIpc) is 2.54. The Morgan fingerprint density at radius 2 is 1.27 bits per heavy atom. The van der Waals surface area contributed by atoms with E-state index in [0.29, 0.717) is 19.4 Å². The summed E-state index contributed by atoms with van der Waals surface area (Å²) in [7, 11) is 2.41. The first-order valence-corrected chi connectivity index (χ1v) is 9.75. The summed E-state index contributed by atoms with van der Waals surface area (Å²) in [5.41, 5.74) is 20.6. The second kappa shape index (κ2) is 15.5. The third-order valence-corrected chi connectivity index (χ3v) is 5.01. The number of guanidine groups is 1. The minimum atomic E-state index is -1.07. The lowest BCUT2D eigenvalue weighted by atomic mass is 10.2. The molecule has 0 rings (SSSR count). The number of carboxylic acid groups (broad SMARTS) is 3. The third kappa shape index (κ3) is 17.1. The standard InChI is InChI=1S/C6H14N4O2.C6H12N2O4S2/c7-4(5(11)12)2-1-3-10-6(8)9;7-3(5(9)10)1-13-14-2-4(8)6(11)12/h4H,1-3,7H2,(H,11,12)(H4,8,9,10);3-4H,1-2,7-8H2,(H,9,10)(H,11,12)/t4-;3-,4?/m00/s1. The molecular formula is C12H26N6O6S2. The minimum Gasteiger partial charge on any atom is -0.480 e. The van der Waals surface area contributed by atoms with E-state index in [1.54, 1.807) is 0 Å². The third-order valence-electron chi connectivity index (χ3n) is 2.54. The van der Waals surface area contributed by atoms with Crippen molar-refractivity contribution in [3.63, 3.8) is 0 Å². The molecule has 0 aliphatic rings. The summed E-state index contributed by atoms with van der Waals surface area (Å²) in [5.74, 6) is -2.79. The minimum absolute atomic E-state index is 0.112. The maximum atomic E-state index is 10.3. The van der Waals surface area contributed by atoms with Gasteiger partial charge in [0.1, 0.15) is 18.1 Å². The predicted molar refractivity (Wildman–Crippen MR) is 101 cm³/mol. The van der Waals surface area contributed by atoms with Gasteiger partial charge in [0.2, 0.25) is 0 Å². The van der Waals surface area contributed by atoms with Gasteiger partial charge >= 0.3 is 17.9 Å². The first-order chi connectivity index (χ1) is 12.0. The fraction of sp³-hybridized carbons (Fsp3) is 0.667. The fourth-order valence-corrected chi connectivity index (χ4v) is 3.28. The molecule has 0 radical (unpaired) electrons. The molecule has 0 aromatic heterocycles. The Labute approximate surface area is 158 Å². The molecule has 0 amide bonds. The molecule has 1 unspecified atom stereocenters. The first-order valence-electron chi connectivity index (χ1n) is 7.26. The van der Waals surface area contributed by atoms with Crippen LogP contribution >= 0.6 is 21.6 Å². The number of hydrogen-bond donors (Lipinski definition) is 9. The van der Waals surface area contributed by atoms with E-state index in [-0.39, 0.29) is 17.5 Å². The molecule has 0 saturated carbocycles. The van der Waals surface area contributed by atoms with Gasteiger partial charge in [-0.05, 0) is 12.8 Å². The van der Waals surface area contributed by atoms with Gasteiger partial charge < -0.3 is 43.6 Å². The second-order valence-electron chi connectivity index (χ2n) is 4.89. The average molecular weight is 415 g/mol. The van der Waals surface area contributed by atoms with Crippen LogP contribution in [0.5, 0.6) is 0 Å². The van der Waals surface area contributed by atoms with E-state index >= 15 is 0 Å². The fourth-order valence-electron chi connectivity index (χ4n) is 1.05. The topological polar surface area (TPSA) is 252 Å². The van der Waals surface area contributed by atoms with Crippen LogP contribution in [0.25, 0.3) is 0 Å². The van der Waals surface area contributed by atoms with Crippen molar-refractivity contribution in [2.24, 2.45) is 22.9 Å². The monoisotopic (exact) mass is 414 g/mol. The largest absolute Gasteiger partial charge is 0.480 e. The molecular weight excluding hydrogens is 388 g/mol. The van der Waals surface area contributed by atoms with Crippen LogP contribution in [0.4, 0.5) is 0 Å². The Hall–Kier alpha value is -1.74. The van der Waals surface area contributed by atoms with Gasteiger partial charge in [-0.15, -0.1) is 0 Å². The van der Waals surface area contributed by atoms with Crippen molar-refractivity contribution in [2.45, 2.75) is 31.0 Å². The van der Waals surface area contributed by atoms with Crippen LogP contribution in [0.15, 0.2) is 0 Å². The van der Waals surface area contributed by atoms with E-state index in [0.717, 1.165) is 0 Å². The molecule has 26 heavy (non-hydrogen) atoms. The van der Waals surface area contributed by atoms with Gasteiger partial charge in [-0.2, -0.15) is 0 Å². The summed E-state index contributed by atoms with van der Waals surface area (Å²) in [6.07, 6.45) is 0.975. The summed E-state index contributed by atoms with van der Waals surface area (Å²) in [6, 6.07) is -2.67. The lowest BCUT2D eigenvalue weighted by Gasteiger charge is -2.07. The summed E-state index contributed by atoms with van der Waals surface area (Å²) in [6.45, 7) is 0.482. The SMILES string of the molecule is N=C(N)NCCC[C@H](N)C(=O)O.NC(CSSC[C@H](N)C(=O)O)C(=O)O. The molecule has 0 aliphatic heterocycles. The van der Waals surface area contributed by atoms with Crippen LogP contribution in [0.2, 0.25) is 0 Å². The van der Waals surface area contributed by atoms with Gasteiger partial charge in [-0.3, -0.25) is 19.8 Å². The van der Waals surface area contributed by atoms with Crippen molar-refractivity contribution < 1.29 is 29.7 Å². The van der Waals surface area contributed by atoms with Crippen LogP contribution in [0.3, 0.4) is 0 Å². The normalized spacial score (nSPS) is 13.5. The zero-order chi connectivity index (χ0) is 20.7. The summed E-state index contributed by atoms with van der Waals surface area (Å²) < 4.78 is 0. The van der Waals surface area contributed by atoms with Crippen molar-refractivity contribution >= 4 is 45.5 Å². The zero-order valence-corrected chi connectivity index (χ0v) is 15.6. The molecule has 0 fully saturated rings. The number of carbonyl (C=O) groups is 3. The molecule has 0 aromatic carbocycles. The number of nitrogens with one attached hydrogen (secondary N) is 2. The lowest BCUT2D eigenvalue weighted by Crippen LogP contribution is -2.34. The van der Waals surface area contributed by atoms with Gasteiger partial charge in [0.05, 0.1) is 0 Å². The van der Waals surface area contributed by atoms with Gasteiger partial charge in [-0.25, -0.2) is 0 Å². The Morgan fingerprint density at radius 1 is 0.885 bits per heavy atom.